The summed E-state index contributed by atoms with van der Waals surface area (Å²) < 4.78 is 19.3. The van der Waals surface area contributed by atoms with E-state index in [0.29, 0.717) is 0 Å². The zero-order chi connectivity index (χ0) is 40.1. The molecule has 10 aromatic rings. The predicted molar refractivity (Wildman–Crippen MR) is 248 cm³/mol. The Morgan fingerprint density at radius 1 is 0.233 bits per heavy atom. The molecular weight excluding hydrogens is 739 g/mol. The summed E-state index contributed by atoms with van der Waals surface area (Å²) in [5.41, 5.74) is 5.26. The Hall–Kier alpha value is -8.22. The molecule has 0 bridgehead atoms. The van der Waals surface area contributed by atoms with E-state index in [4.69, 9.17) is 14.2 Å². The second kappa shape index (κ2) is 16.3. The molecule has 0 aliphatic carbocycles. The van der Waals surface area contributed by atoms with Gasteiger partial charge in [0, 0.05) is 68.5 Å². The van der Waals surface area contributed by atoms with Gasteiger partial charge in [0.05, 0.1) is 0 Å². The topological polar surface area (TPSA) is 63.8 Å². The van der Waals surface area contributed by atoms with Crippen LogP contribution < -0.4 is 30.2 Å². The monoisotopic (exact) mass is 777 g/mol. The maximum atomic E-state index is 6.44. The van der Waals surface area contributed by atoms with Crippen LogP contribution in [0.25, 0.3) is 32.3 Å². The van der Waals surface area contributed by atoms with Crippen molar-refractivity contribution >= 4 is 66.4 Å². The standard InChI is InChI=1S/C54H39N3O3/c1-4-25-49-37(13-1)16-7-28-52(49)58-46-22-10-19-40(34-46)55-43-31-44(56-41-20-11-23-47(35-41)59-53-29-8-17-38-14-2-5-26-50(38)53)33-45(32-43)57-42-21-12-24-48(36-42)60-54-30-9-18-39-15-3-6-27-51(39)54/h1-36,55-57H. The Kier molecular flexibility index (Phi) is 9.84. The van der Waals surface area contributed by atoms with Gasteiger partial charge >= 0.3 is 0 Å². The summed E-state index contributed by atoms with van der Waals surface area (Å²) in [6.45, 7) is 0. The molecule has 0 aliphatic rings. The molecule has 10 aromatic carbocycles. The summed E-state index contributed by atoms with van der Waals surface area (Å²) >= 11 is 0. The minimum absolute atomic E-state index is 0.731. The van der Waals surface area contributed by atoms with Crippen molar-refractivity contribution in [3.63, 3.8) is 0 Å². The van der Waals surface area contributed by atoms with Gasteiger partial charge < -0.3 is 30.2 Å². The van der Waals surface area contributed by atoms with E-state index in [9.17, 15) is 0 Å². The number of anilines is 6. The molecule has 6 heteroatoms. The lowest BCUT2D eigenvalue weighted by atomic mass is 10.1. The van der Waals surface area contributed by atoms with Gasteiger partial charge in [-0.3, -0.25) is 0 Å². The first-order valence-electron chi connectivity index (χ1n) is 19.9. The van der Waals surface area contributed by atoms with Crippen LogP contribution in [0.2, 0.25) is 0 Å². The summed E-state index contributed by atoms with van der Waals surface area (Å²) in [6.07, 6.45) is 0. The average Bonchev–Trinajstić information content (AvgIpc) is 3.27. The van der Waals surface area contributed by atoms with Crippen LogP contribution in [0.4, 0.5) is 34.1 Å². The zero-order valence-corrected chi connectivity index (χ0v) is 32.5. The van der Waals surface area contributed by atoms with Gasteiger partial charge in [0.25, 0.3) is 0 Å². The second-order valence-corrected chi connectivity index (χ2v) is 14.5. The molecule has 288 valence electrons. The van der Waals surface area contributed by atoms with Gasteiger partial charge in [-0.2, -0.15) is 0 Å². The van der Waals surface area contributed by atoms with E-state index in [1.165, 1.54) is 0 Å². The van der Waals surface area contributed by atoms with Crippen molar-refractivity contribution in [2.45, 2.75) is 0 Å². The van der Waals surface area contributed by atoms with Crippen molar-refractivity contribution < 1.29 is 14.2 Å². The summed E-state index contributed by atoms with van der Waals surface area (Å²) in [6, 6.07) is 73.3. The highest BCUT2D eigenvalue weighted by molar-refractivity contribution is 5.90. The first-order chi connectivity index (χ1) is 29.6. The van der Waals surface area contributed by atoms with Gasteiger partial charge in [0.2, 0.25) is 0 Å². The van der Waals surface area contributed by atoms with Crippen LogP contribution in [0.5, 0.6) is 34.5 Å². The van der Waals surface area contributed by atoms with E-state index in [2.05, 4.69) is 88.7 Å². The van der Waals surface area contributed by atoms with E-state index in [1.54, 1.807) is 0 Å². The minimum atomic E-state index is 0.731. The molecule has 10 rings (SSSR count). The molecule has 60 heavy (non-hydrogen) atoms. The third-order valence-corrected chi connectivity index (χ3v) is 10.2. The average molecular weight is 778 g/mol. The molecule has 0 radical (unpaired) electrons. The quantitative estimate of drug-likeness (QED) is 0.115. The first kappa shape index (κ1) is 36.1. The van der Waals surface area contributed by atoms with E-state index < -0.39 is 0 Å². The zero-order valence-electron chi connectivity index (χ0n) is 32.5. The Labute approximate surface area is 348 Å². The largest absolute Gasteiger partial charge is 0.457 e. The molecule has 0 amide bonds. The summed E-state index contributed by atoms with van der Waals surface area (Å²) in [5.74, 6) is 4.61. The molecule has 0 spiro atoms. The van der Waals surface area contributed by atoms with Gasteiger partial charge in [-0.15, -0.1) is 0 Å². The summed E-state index contributed by atoms with van der Waals surface area (Å²) in [7, 11) is 0. The van der Waals surface area contributed by atoms with Crippen LogP contribution in [-0.2, 0) is 0 Å². The highest BCUT2D eigenvalue weighted by atomic mass is 16.5. The van der Waals surface area contributed by atoms with Gasteiger partial charge in [-0.05, 0) is 89.0 Å². The highest BCUT2D eigenvalue weighted by Gasteiger charge is 2.10. The Morgan fingerprint density at radius 3 is 0.850 bits per heavy atom. The van der Waals surface area contributed by atoms with Crippen LogP contribution in [0.1, 0.15) is 0 Å². The normalized spacial score (nSPS) is 11.0. The molecule has 0 atom stereocenters. The second-order valence-electron chi connectivity index (χ2n) is 14.5. The third kappa shape index (κ3) is 8.12. The number of hydrogen-bond donors (Lipinski definition) is 3. The molecule has 6 nitrogen and oxygen atoms in total. The van der Waals surface area contributed by atoms with Crippen molar-refractivity contribution in [1.29, 1.82) is 0 Å². The van der Waals surface area contributed by atoms with E-state index in [0.717, 1.165) is 101 Å². The smallest absolute Gasteiger partial charge is 0.135 e. The van der Waals surface area contributed by atoms with Gasteiger partial charge in [-0.25, -0.2) is 0 Å². The van der Waals surface area contributed by atoms with Crippen LogP contribution >= 0.6 is 0 Å². The maximum absolute atomic E-state index is 6.44. The van der Waals surface area contributed by atoms with Crippen LogP contribution in [-0.4, -0.2) is 0 Å². The molecule has 0 aliphatic heterocycles. The molecule has 3 N–H and O–H groups in total. The SMILES string of the molecule is c1cc(Nc2cc(Nc3cccc(Oc4cccc5ccccc45)c3)cc(Nc3cccc(Oc4cccc5ccccc45)c3)c2)cc(Oc2cccc3ccccc23)c1. The highest BCUT2D eigenvalue weighted by Crippen LogP contribution is 2.37. The van der Waals surface area contributed by atoms with Crippen molar-refractivity contribution in [1.82, 2.24) is 0 Å². The fraction of sp³-hybridized carbons (Fsp3) is 0. The summed E-state index contributed by atoms with van der Waals surface area (Å²) in [4.78, 5) is 0. The molecule has 0 fully saturated rings. The number of fused-ring (bicyclic) bond motifs is 3. The van der Waals surface area contributed by atoms with Crippen molar-refractivity contribution in [3.05, 3.63) is 218 Å². The van der Waals surface area contributed by atoms with Crippen molar-refractivity contribution in [2.24, 2.45) is 0 Å². The molecule has 0 heterocycles. The van der Waals surface area contributed by atoms with Crippen molar-refractivity contribution in [3.8, 4) is 34.5 Å². The van der Waals surface area contributed by atoms with Gasteiger partial charge in [0.1, 0.15) is 34.5 Å². The molecule has 0 unspecified atom stereocenters. The maximum Gasteiger partial charge on any atom is 0.135 e. The fourth-order valence-corrected chi connectivity index (χ4v) is 7.49. The van der Waals surface area contributed by atoms with Crippen LogP contribution in [0.15, 0.2) is 218 Å². The van der Waals surface area contributed by atoms with Crippen LogP contribution in [0, 0.1) is 0 Å². The van der Waals surface area contributed by atoms with Gasteiger partial charge in [0.15, 0.2) is 0 Å². The van der Waals surface area contributed by atoms with Crippen molar-refractivity contribution in [2.75, 3.05) is 16.0 Å². The molecule has 0 saturated carbocycles. The lowest BCUT2D eigenvalue weighted by Gasteiger charge is -2.16. The first-order valence-corrected chi connectivity index (χ1v) is 19.9. The molecular formula is C54H39N3O3. The molecule has 0 aromatic heterocycles. The van der Waals surface area contributed by atoms with E-state index in [1.807, 2.05) is 146 Å². The van der Waals surface area contributed by atoms with Crippen LogP contribution in [0.3, 0.4) is 0 Å². The number of nitrogens with one attached hydrogen (secondary N) is 3. The number of hydrogen-bond acceptors (Lipinski definition) is 6. The lowest BCUT2D eigenvalue weighted by Crippen LogP contribution is -1.98. The fourth-order valence-electron chi connectivity index (χ4n) is 7.49. The number of benzene rings is 10. The minimum Gasteiger partial charge on any atom is -0.457 e. The summed E-state index contributed by atoms with van der Waals surface area (Å²) in [5, 5.41) is 17.5. The number of rotatable bonds is 12. The Morgan fingerprint density at radius 2 is 0.517 bits per heavy atom. The number of ether oxygens (including phenoxy) is 3. The van der Waals surface area contributed by atoms with Gasteiger partial charge in [-0.1, -0.05) is 127 Å². The lowest BCUT2D eigenvalue weighted by molar-refractivity contribution is 0.488. The van der Waals surface area contributed by atoms with E-state index >= 15 is 0 Å². The molecule has 0 saturated heterocycles. The predicted octanol–water partition coefficient (Wildman–Crippen LogP) is 15.8. The Balaban J connectivity index is 0.944. The Bertz CT molecular complexity index is 2780. The third-order valence-electron chi connectivity index (χ3n) is 10.2. The van der Waals surface area contributed by atoms with E-state index in [-0.39, 0.29) is 0 Å².